The Morgan fingerprint density at radius 3 is 2.56 bits per heavy atom. The number of halogens is 1. The van der Waals surface area contributed by atoms with E-state index in [2.05, 4.69) is 9.88 Å². The van der Waals surface area contributed by atoms with Gasteiger partial charge in [-0.15, -0.1) is 0 Å². The van der Waals surface area contributed by atoms with E-state index in [1.807, 2.05) is 52.0 Å². The molecule has 0 radical (unpaired) electrons. The predicted molar refractivity (Wildman–Crippen MR) is 136 cm³/mol. The van der Waals surface area contributed by atoms with Crippen LogP contribution >= 0.6 is 0 Å². The van der Waals surface area contributed by atoms with Crippen molar-refractivity contribution in [2.45, 2.75) is 52.2 Å². The van der Waals surface area contributed by atoms with Gasteiger partial charge in [-0.1, -0.05) is 12.1 Å². The first kappa shape index (κ1) is 23.8. The zero-order valence-electron chi connectivity index (χ0n) is 20.6. The Kier molecular flexibility index (Phi) is 6.39. The molecule has 0 spiro atoms. The van der Waals surface area contributed by atoms with E-state index < -0.39 is 5.60 Å². The zero-order valence-corrected chi connectivity index (χ0v) is 20.6. The van der Waals surface area contributed by atoms with Crippen LogP contribution in [0, 0.1) is 12.7 Å². The van der Waals surface area contributed by atoms with Crippen LogP contribution in [0.4, 0.5) is 20.7 Å². The Bertz CT molecular complexity index is 1190. The summed E-state index contributed by atoms with van der Waals surface area (Å²) in [4.78, 5) is 20.8. The van der Waals surface area contributed by atoms with Crippen molar-refractivity contribution in [2.24, 2.45) is 0 Å². The normalized spacial score (nSPS) is 14.9. The van der Waals surface area contributed by atoms with Crippen LogP contribution in [0.5, 0.6) is 0 Å². The van der Waals surface area contributed by atoms with Gasteiger partial charge >= 0.3 is 6.09 Å². The molecule has 2 N–H and O–H groups in total. The van der Waals surface area contributed by atoms with Crippen LogP contribution in [-0.4, -0.2) is 47.8 Å². The fourth-order valence-electron chi connectivity index (χ4n) is 4.63. The summed E-state index contributed by atoms with van der Waals surface area (Å²) >= 11 is 0. The van der Waals surface area contributed by atoms with Crippen LogP contribution in [0.15, 0.2) is 42.6 Å². The molecule has 1 aliphatic heterocycles. The first-order valence-corrected chi connectivity index (χ1v) is 11.7. The first-order valence-electron chi connectivity index (χ1n) is 11.7. The highest BCUT2D eigenvalue weighted by Crippen LogP contribution is 2.37. The standard InChI is InChI=1S/C27H33FN4O2/c1-17-7-6-8-22(28)25(17)18-13-19-16-30-24(29)15-21(19)23(14-18)32-11-9-20(10-12-32)31(5)26(33)34-27(2,3)4/h6-8,13-16,20H,9-12H2,1-5H3,(H2,29,30). The summed E-state index contributed by atoms with van der Waals surface area (Å²) in [6, 6.07) is 11.1. The lowest BCUT2D eigenvalue weighted by Gasteiger charge is -2.38. The van der Waals surface area contributed by atoms with Crippen molar-refractivity contribution >= 4 is 28.4 Å². The zero-order chi connectivity index (χ0) is 24.6. The molecule has 1 aromatic heterocycles. The largest absolute Gasteiger partial charge is 0.444 e. The number of hydrogen-bond acceptors (Lipinski definition) is 5. The van der Waals surface area contributed by atoms with Gasteiger partial charge in [0.05, 0.1) is 0 Å². The van der Waals surface area contributed by atoms with Crippen LogP contribution in [0.2, 0.25) is 0 Å². The number of pyridine rings is 1. The maximum Gasteiger partial charge on any atom is 0.410 e. The SMILES string of the molecule is Cc1cccc(F)c1-c1cc(N2CCC(N(C)C(=O)OC(C)(C)C)CC2)c2cc(N)ncc2c1. The molecule has 0 atom stereocenters. The fourth-order valence-corrected chi connectivity index (χ4v) is 4.63. The van der Waals surface area contributed by atoms with Crippen molar-refractivity contribution in [3.8, 4) is 11.1 Å². The maximum atomic E-state index is 14.8. The second kappa shape index (κ2) is 9.12. The number of nitrogen functional groups attached to an aromatic ring is 1. The van der Waals surface area contributed by atoms with Crippen molar-refractivity contribution < 1.29 is 13.9 Å². The summed E-state index contributed by atoms with van der Waals surface area (Å²) in [7, 11) is 1.80. The maximum absolute atomic E-state index is 14.8. The number of carbonyl (C=O) groups excluding carboxylic acids is 1. The molecule has 1 amide bonds. The predicted octanol–water partition coefficient (Wildman–Crippen LogP) is 5.77. The third kappa shape index (κ3) is 4.93. The van der Waals surface area contributed by atoms with E-state index in [-0.39, 0.29) is 18.0 Å². The number of aryl methyl sites for hydroxylation is 1. The van der Waals surface area contributed by atoms with E-state index in [9.17, 15) is 9.18 Å². The van der Waals surface area contributed by atoms with Gasteiger partial charge in [-0.05, 0) is 75.9 Å². The molecule has 1 aliphatic rings. The molecular weight excluding hydrogens is 431 g/mol. The quantitative estimate of drug-likeness (QED) is 0.533. The molecular formula is C27H33FN4O2. The summed E-state index contributed by atoms with van der Waals surface area (Å²) in [5, 5.41) is 1.90. The molecule has 0 unspecified atom stereocenters. The molecule has 0 saturated carbocycles. The molecule has 0 bridgehead atoms. The van der Waals surface area contributed by atoms with Crippen molar-refractivity contribution in [1.82, 2.24) is 9.88 Å². The van der Waals surface area contributed by atoms with Gasteiger partial charge in [-0.25, -0.2) is 14.2 Å². The molecule has 6 nitrogen and oxygen atoms in total. The van der Waals surface area contributed by atoms with Gasteiger partial charge in [0.2, 0.25) is 0 Å². The molecule has 1 saturated heterocycles. The number of fused-ring (bicyclic) bond motifs is 1. The second-order valence-electron chi connectivity index (χ2n) is 10.1. The number of rotatable bonds is 3. The number of hydrogen-bond donors (Lipinski definition) is 1. The van der Waals surface area contributed by atoms with Gasteiger partial charge in [0.25, 0.3) is 0 Å². The molecule has 0 aliphatic carbocycles. The molecule has 7 heteroatoms. The van der Waals surface area contributed by atoms with E-state index in [1.54, 1.807) is 24.2 Å². The Balaban J connectivity index is 1.64. The minimum Gasteiger partial charge on any atom is -0.444 e. The van der Waals surface area contributed by atoms with Gasteiger partial charge in [-0.2, -0.15) is 0 Å². The average Bonchev–Trinajstić information content (AvgIpc) is 2.77. The number of piperidine rings is 1. The molecule has 1 fully saturated rings. The second-order valence-corrected chi connectivity index (χ2v) is 10.1. The third-order valence-corrected chi connectivity index (χ3v) is 6.38. The number of carbonyl (C=O) groups is 1. The first-order chi connectivity index (χ1) is 16.0. The highest BCUT2D eigenvalue weighted by atomic mass is 19.1. The third-order valence-electron chi connectivity index (χ3n) is 6.38. The van der Waals surface area contributed by atoms with Gasteiger partial charge in [0, 0.05) is 54.4 Å². The van der Waals surface area contributed by atoms with Crippen molar-refractivity contribution in [1.29, 1.82) is 0 Å². The van der Waals surface area contributed by atoms with Crippen LogP contribution in [0.25, 0.3) is 21.9 Å². The molecule has 34 heavy (non-hydrogen) atoms. The topological polar surface area (TPSA) is 71.7 Å². The van der Waals surface area contributed by atoms with Crippen LogP contribution in [-0.2, 0) is 4.74 Å². The molecule has 3 aromatic rings. The number of ether oxygens (including phenoxy) is 1. The van der Waals surface area contributed by atoms with Gasteiger partial charge in [-0.3, -0.25) is 0 Å². The number of benzene rings is 2. The number of amides is 1. The Hall–Kier alpha value is -3.35. The van der Waals surface area contributed by atoms with Crippen LogP contribution in [0.3, 0.4) is 0 Å². The van der Waals surface area contributed by atoms with Crippen LogP contribution < -0.4 is 10.6 Å². The molecule has 2 heterocycles. The minimum absolute atomic E-state index is 0.0982. The molecule has 4 rings (SSSR count). The van der Waals surface area contributed by atoms with Crippen molar-refractivity contribution in [2.75, 3.05) is 30.8 Å². The van der Waals surface area contributed by atoms with Gasteiger partial charge in [0.1, 0.15) is 17.2 Å². The Labute approximate surface area is 200 Å². The lowest BCUT2D eigenvalue weighted by atomic mass is 9.95. The fraction of sp³-hybridized carbons (Fsp3) is 0.407. The summed E-state index contributed by atoms with van der Waals surface area (Å²) < 4.78 is 20.3. The number of anilines is 2. The summed E-state index contributed by atoms with van der Waals surface area (Å²) in [6.45, 7) is 9.05. The highest BCUT2D eigenvalue weighted by Gasteiger charge is 2.29. The smallest absolute Gasteiger partial charge is 0.410 e. The number of aromatic nitrogens is 1. The minimum atomic E-state index is -0.524. The van der Waals surface area contributed by atoms with E-state index in [1.165, 1.54) is 6.07 Å². The number of nitrogens with two attached hydrogens (primary N) is 1. The lowest BCUT2D eigenvalue weighted by molar-refractivity contribution is 0.0201. The molecule has 180 valence electrons. The lowest BCUT2D eigenvalue weighted by Crippen LogP contribution is -2.47. The highest BCUT2D eigenvalue weighted by molar-refractivity contribution is 5.99. The van der Waals surface area contributed by atoms with Crippen molar-refractivity contribution in [3.05, 3.63) is 54.0 Å². The molecule has 2 aromatic carbocycles. The van der Waals surface area contributed by atoms with E-state index in [4.69, 9.17) is 10.5 Å². The van der Waals surface area contributed by atoms with Crippen molar-refractivity contribution in [3.63, 3.8) is 0 Å². The van der Waals surface area contributed by atoms with Crippen LogP contribution in [0.1, 0.15) is 39.2 Å². The summed E-state index contributed by atoms with van der Waals surface area (Å²) in [6.07, 6.45) is 3.06. The monoisotopic (exact) mass is 464 g/mol. The van der Waals surface area contributed by atoms with E-state index in [0.717, 1.165) is 53.5 Å². The average molecular weight is 465 g/mol. The summed E-state index contributed by atoms with van der Waals surface area (Å²) in [5.74, 6) is 0.203. The van der Waals surface area contributed by atoms with Gasteiger partial charge in [0.15, 0.2) is 0 Å². The van der Waals surface area contributed by atoms with E-state index >= 15 is 0 Å². The Morgan fingerprint density at radius 2 is 1.91 bits per heavy atom. The summed E-state index contributed by atoms with van der Waals surface area (Å²) in [5.41, 5.74) is 8.79. The van der Waals surface area contributed by atoms with E-state index in [0.29, 0.717) is 11.4 Å². The Morgan fingerprint density at radius 1 is 1.21 bits per heavy atom. The number of nitrogens with zero attached hydrogens (tertiary/aromatic N) is 3. The van der Waals surface area contributed by atoms with Gasteiger partial charge < -0.3 is 20.3 Å².